The van der Waals surface area contributed by atoms with Crippen molar-refractivity contribution in [1.82, 2.24) is 4.98 Å². The van der Waals surface area contributed by atoms with E-state index < -0.39 is 0 Å². The molecule has 0 aliphatic carbocycles. The number of nitrogens with zero attached hydrogens (tertiary/aromatic N) is 1. The molecule has 0 saturated carbocycles. The summed E-state index contributed by atoms with van der Waals surface area (Å²) in [5, 5.41) is 3.40. The first-order valence-electron chi connectivity index (χ1n) is 6.25. The number of anilines is 1. The van der Waals surface area contributed by atoms with Crippen LogP contribution in [0.25, 0.3) is 0 Å². The third-order valence-corrected chi connectivity index (χ3v) is 3.54. The summed E-state index contributed by atoms with van der Waals surface area (Å²) < 4.78 is 14.2. The van der Waals surface area contributed by atoms with E-state index in [0.29, 0.717) is 0 Å². The van der Waals surface area contributed by atoms with Gasteiger partial charge in [-0.3, -0.25) is 4.98 Å². The highest BCUT2D eigenvalue weighted by atomic mass is 79.9. The Labute approximate surface area is 121 Å². The highest BCUT2D eigenvalue weighted by Gasteiger charge is 2.09. The van der Waals surface area contributed by atoms with Crippen LogP contribution >= 0.6 is 15.9 Å². The third-order valence-electron chi connectivity index (χ3n) is 3.05. The molecule has 0 fully saturated rings. The molecule has 2 nitrogen and oxygen atoms in total. The van der Waals surface area contributed by atoms with E-state index in [1.165, 1.54) is 17.8 Å². The van der Waals surface area contributed by atoms with E-state index in [1.54, 1.807) is 6.20 Å². The molecule has 0 spiro atoms. The van der Waals surface area contributed by atoms with Crippen LogP contribution in [0.15, 0.2) is 41.1 Å². The van der Waals surface area contributed by atoms with Gasteiger partial charge in [0.25, 0.3) is 0 Å². The van der Waals surface area contributed by atoms with Gasteiger partial charge in [0.2, 0.25) is 0 Å². The maximum Gasteiger partial charge on any atom is 0.141 e. The van der Waals surface area contributed by atoms with Gasteiger partial charge in [-0.25, -0.2) is 4.39 Å². The molecule has 0 aliphatic rings. The van der Waals surface area contributed by atoms with Crippen molar-refractivity contribution in [1.29, 1.82) is 0 Å². The molecule has 0 bridgehead atoms. The van der Waals surface area contributed by atoms with Gasteiger partial charge in [0.1, 0.15) is 5.82 Å². The standard InChI is InChI=1S/C15H16BrFN2/c1-3-11-6-13(16)4-5-15(11)19-10(2)12-7-14(17)9-18-8-12/h4-10,19H,3H2,1-2H3. The van der Waals surface area contributed by atoms with Gasteiger partial charge in [-0.05, 0) is 48.7 Å². The average Bonchev–Trinajstić information content (AvgIpc) is 2.40. The number of hydrogen-bond donors (Lipinski definition) is 1. The van der Waals surface area contributed by atoms with Crippen molar-refractivity contribution in [2.45, 2.75) is 26.3 Å². The van der Waals surface area contributed by atoms with E-state index in [2.05, 4.69) is 39.2 Å². The Morgan fingerprint density at radius 1 is 1.32 bits per heavy atom. The fourth-order valence-electron chi connectivity index (χ4n) is 1.98. The zero-order valence-corrected chi connectivity index (χ0v) is 12.5. The van der Waals surface area contributed by atoms with Gasteiger partial charge in [0, 0.05) is 16.4 Å². The molecule has 1 aromatic carbocycles. The Morgan fingerprint density at radius 2 is 2.11 bits per heavy atom. The number of rotatable bonds is 4. The summed E-state index contributed by atoms with van der Waals surface area (Å²) in [6, 6.07) is 7.65. The molecule has 1 N–H and O–H groups in total. The second-order valence-electron chi connectivity index (χ2n) is 4.46. The normalized spacial score (nSPS) is 12.2. The first-order chi connectivity index (χ1) is 9.10. The maximum absolute atomic E-state index is 13.2. The quantitative estimate of drug-likeness (QED) is 0.881. The minimum atomic E-state index is -0.308. The second kappa shape index (κ2) is 6.15. The summed E-state index contributed by atoms with van der Waals surface area (Å²) in [5.41, 5.74) is 3.14. The minimum Gasteiger partial charge on any atom is -0.378 e. The van der Waals surface area contributed by atoms with E-state index >= 15 is 0 Å². The Morgan fingerprint density at radius 3 is 2.79 bits per heavy atom. The van der Waals surface area contributed by atoms with Gasteiger partial charge in [-0.1, -0.05) is 22.9 Å². The molecule has 1 unspecified atom stereocenters. The van der Waals surface area contributed by atoms with Crippen LogP contribution < -0.4 is 5.32 Å². The van der Waals surface area contributed by atoms with Crippen LogP contribution in [-0.2, 0) is 6.42 Å². The lowest BCUT2D eigenvalue weighted by atomic mass is 10.1. The number of benzene rings is 1. The van der Waals surface area contributed by atoms with Crippen LogP contribution in [0.1, 0.15) is 31.0 Å². The van der Waals surface area contributed by atoms with Gasteiger partial charge >= 0.3 is 0 Å². The summed E-state index contributed by atoms with van der Waals surface area (Å²) >= 11 is 3.47. The molecule has 19 heavy (non-hydrogen) atoms. The molecule has 2 rings (SSSR count). The largest absolute Gasteiger partial charge is 0.378 e. The number of aromatic nitrogens is 1. The predicted octanol–water partition coefficient (Wildman–Crippen LogP) is 4.72. The summed E-state index contributed by atoms with van der Waals surface area (Å²) in [5.74, 6) is -0.308. The van der Waals surface area contributed by atoms with E-state index in [9.17, 15) is 4.39 Å². The smallest absolute Gasteiger partial charge is 0.141 e. The zero-order valence-electron chi connectivity index (χ0n) is 11.0. The fourth-order valence-corrected chi connectivity index (χ4v) is 2.39. The highest BCUT2D eigenvalue weighted by Crippen LogP contribution is 2.25. The number of pyridine rings is 1. The number of halogens is 2. The Kier molecular flexibility index (Phi) is 4.53. The molecule has 0 aliphatic heterocycles. The zero-order chi connectivity index (χ0) is 13.8. The van der Waals surface area contributed by atoms with Crippen LogP contribution in [0.4, 0.5) is 10.1 Å². The van der Waals surface area contributed by atoms with Crippen molar-refractivity contribution in [3.63, 3.8) is 0 Å². The molecular weight excluding hydrogens is 307 g/mol. The number of nitrogens with one attached hydrogen (secondary N) is 1. The first kappa shape index (κ1) is 14.0. The molecule has 100 valence electrons. The molecule has 1 aromatic heterocycles. The molecule has 0 saturated heterocycles. The lowest BCUT2D eigenvalue weighted by Gasteiger charge is -2.18. The molecule has 4 heteroatoms. The topological polar surface area (TPSA) is 24.9 Å². The maximum atomic E-state index is 13.2. The summed E-state index contributed by atoms with van der Waals surface area (Å²) in [7, 11) is 0. The third kappa shape index (κ3) is 3.53. The lowest BCUT2D eigenvalue weighted by molar-refractivity contribution is 0.616. The molecule has 1 heterocycles. The van der Waals surface area contributed by atoms with Crippen molar-refractivity contribution in [3.05, 3.63) is 58.1 Å². The van der Waals surface area contributed by atoms with Crippen LogP contribution in [0, 0.1) is 5.82 Å². The van der Waals surface area contributed by atoms with E-state index in [4.69, 9.17) is 0 Å². The van der Waals surface area contributed by atoms with Crippen LogP contribution in [0.3, 0.4) is 0 Å². The van der Waals surface area contributed by atoms with Crippen LogP contribution in [0.2, 0.25) is 0 Å². The van der Waals surface area contributed by atoms with Gasteiger partial charge < -0.3 is 5.32 Å². The Bertz CT molecular complexity index is 572. The summed E-state index contributed by atoms with van der Waals surface area (Å²) in [4.78, 5) is 3.88. The number of hydrogen-bond acceptors (Lipinski definition) is 2. The lowest BCUT2D eigenvalue weighted by Crippen LogP contribution is -2.09. The van der Waals surface area contributed by atoms with E-state index in [-0.39, 0.29) is 11.9 Å². The van der Waals surface area contributed by atoms with E-state index in [0.717, 1.165) is 22.1 Å². The Hall–Kier alpha value is -1.42. The molecule has 1 atom stereocenters. The molecule has 2 aromatic rings. The van der Waals surface area contributed by atoms with Crippen molar-refractivity contribution in [2.75, 3.05) is 5.32 Å². The monoisotopic (exact) mass is 322 g/mol. The highest BCUT2D eigenvalue weighted by molar-refractivity contribution is 9.10. The SMILES string of the molecule is CCc1cc(Br)ccc1NC(C)c1cncc(F)c1. The second-order valence-corrected chi connectivity index (χ2v) is 5.37. The van der Waals surface area contributed by atoms with Crippen LogP contribution in [-0.4, -0.2) is 4.98 Å². The predicted molar refractivity (Wildman–Crippen MR) is 79.8 cm³/mol. The molecule has 0 amide bonds. The van der Waals surface area contributed by atoms with Gasteiger partial charge in [0.05, 0.1) is 12.2 Å². The number of aryl methyl sites for hydroxylation is 1. The van der Waals surface area contributed by atoms with Crippen molar-refractivity contribution in [3.8, 4) is 0 Å². The fraction of sp³-hybridized carbons (Fsp3) is 0.267. The van der Waals surface area contributed by atoms with Gasteiger partial charge in [-0.2, -0.15) is 0 Å². The van der Waals surface area contributed by atoms with Crippen molar-refractivity contribution >= 4 is 21.6 Å². The van der Waals surface area contributed by atoms with Gasteiger partial charge in [0.15, 0.2) is 0 Å². The van der Waals surface area contributed by atoms with Crippen molar-refractivity contribution in [2.24, 2.45) is 0 Å². The van der Waals surface area contributed by atoms with Crippen LogP contribution in [0.5, 0.6) is 0 Å². The minimum absolute atomic E-state index is 0.00896. The molecule has 0 radical (unpaired) electrons. The summed E-state index contributed by atoms with van der Waals surface area (Å²) in [6.45, 7) is 4.11. The average molecular weight is 323 g/mol. The van der Waals surface area contributed by atoms with Crippen molar-refractivity contribution < 1.29 is 4.39 Å². The van der Waals surface area contributed by atoms with E-state index in [1.807, 2.05) is 19.1 Å². The molecular formula is C15H16BrFN2. The summed E-state index contributed by atoms with van der Waals surface area (Å²) in [6.07, 6.45) is 3.84. The first-order valence-corrected chi connectivity index (χ1v) is 7.05. The Balaban J connectivity index is 2.21. The van der Waals surface area contributed by atoms with Gasteiger partial charge in [-0.15, -0.1) is 0 Å².